The van der Waals surface area contributed by atoms with Gasteiger partial charge in [0.2, 0.25) is 11.8 Å². The number of rotatable bonds is 4. The molecule has 0 radical (unpaired) electrons. The predicted molar refractivity (Wildman–Crippen MR) is 105 cm³/mol. The fourth-order valence-electron chi connectivity index (χ4n) is 3.49. The molecule has 3 rings (SSSR count). The van der Waals surface area contributed by atoms with Gasteiger partial charge in [-0.2, -0.15) is 0 Å². The second kappa shape index (κ2) is 8.17. The minimum atomic E-state index is -0.137. The van der Waals surface area contributed by atoms with Crippen LogP contribution in [0.25, 0.3) is 11.1 Å². The highest BCUT2D eigenvalue weighted by Crippen LogP contribution is 2.25. The Kier molecular flexibility index (Phi) is 5.71. The van der Waals surface area contributed by atoms with Crippen LogP contribution in [0, 0.1) is 12.8 Å². The summed E-state index contributed by atoms with van der Waals surface area (Å²) in [5.41, 5.74) is 4.23. The van der Waals surface area contributed by atoms with E-state index in [1.165, 1.54) is 5.56 Å². The molecule has 0 saturated carbocycles. The Morgan fingerprint density at radius 3 is 2.58 bits per heavy atom. The smallest absolute Gasteiger partial charge is 0.229 e. The lowest BCUT2D eigenvalue weighted by atomic mass is 9.96. The third kappa shape index (κ3) is 4.31. The van der Waals surface area contributed by atoms with Gasteiger partial charge in [-0.15, -0.1) is 0 Å². The number of benzene rings is 2. The van der Waals surface area contributed by atoms with E-state index in [4.69, 9.17) is 0 Å². The van der Waals surface area contributed by atoms with E-state index in [-0.39, 0.29) is 17.7 Å². The summed E-state index contributed by atoms with van der Waals surface area (Å²) >= 11 is 0. The van der Waals surface area contributed by atoms with Gasteiger partial charge in [0.1, 0.15) is 0 Å². The van der Waals surface area contributed by atoms with Crippen LogP contribution >= 0.6 is 0 Å². The van der Waals surface area contributed by atoms with Gasteiger partial charge >= 0.3 is 0 Å². The maximum Gasteiger partial charge on any atom is 0.229 e. The Bertz CT molecular complexity index is 800. The highest BCUT2D eigenvalue weighted by Gasteiger charge is 2.27. The minimum Gasteiger partial charge on any atom is -0.342 e. The number of nitrogens with one attached hydrogen (secondary N) is 1. The molecule has 0 spiro atoms. The lowest BCUT2D eigenvalue weighted by molar-refractivity contribution is -0.134. The highest BCUT2D eigenvalue weighted by atomic mass is 16.2. The minimum absolute atomic E-state index is 0.00000436. The molecule has 0 bridgehead atoms. The molecule has 0 aliphatic carbocycles. The van der Waals surface area contributed by atoms with Gasteiger partial charge in [-0.05, 0) is 43.0 Å². The van der Waals surface area contributed by atoms with E-state index < -0.39 is 0 Å². The number of nitrogens with zero attached hydrogens (tertiary/aromatic N) is 1. The molecule has 136 valence electrons. The molecule has 4 heteroatoms. The van der Waals surface area contributed by atoms with Crippen LogP contribution in [0.2, 0.25) is 0 Å². The molecule has 1 heterocycles. The van der Waals surface area contributed by atoms with Gasteiger partial charge in [-0.1, -0.05) is 48.9 Å². The van der Waals surface area contributed by atoms with E-state index in [9.17, 15) is 9.59 Å². The number of amides is 2. The Labute approximate surface area is 155 Å². The molecule has 1 fully saturated rings. The van der Waals surface area contributed by atoms with Crippen LogP contribution in [0.3, 0.4) is 0 Å². The van der Waals surface area contributed by atoms with Gasteiger partial charge in [0.15, 0.2) is 0 Å². The first kappa shape index (κ1) is 18.2. The lowest BCUT2D eigenvalue weighted by Gasteiger charge is -2.32. The number of aryl methyl sites for hydroxylation is 1. The average molecular weight is 350 g/mol. The molecule has 2 aromatic carbocycles. The molecular formula is C22H26N2O2. The Balaban J connectivity index is 1.70. The molecule has 1 aliphatic rings. The summed E-state index contributed by atoms with van der Waals surface area (Å²) in [5, 5.41) is 3.04. The molecule has 1 atom stereocenters. The Morgan fingerprint density at radius 2 is 1.85 bits per heavy atom. The van der Waals surface area contributed by atoms with Crippen LogP contribution in [0.15, 0.2) is 48.5 Å². The molecule has 2 amide bonds. The van der Waals surface area contributed by atoms with Crippen LogP contribution in [-0.2, 0) is 9.59 Å². The zero-order valence-electron chi connectivity index (χ0n) is 15.5. The van der Waals surface area contributed by atoms with Crippen molar-refractivity contribution >= 4 is 17.5 Å². The molecule has 4 nitrogen and oxygen atoms in total. The second-order valence-corrected chi connectivity index (χ2v) is 6.97. The zero-order chi connectivity index (χ0) is 18.5. The van der Waals surface area contributed by atoms with E-state index in [2.05, 4.69) is 30.4 Å². The normalized spacial score (nSPS) is 17.0. The van der Waals surface area contributed by atoms with E-state index in [0.29, 0.717) is 13.0 Å². The SMILES string of the molecule is CCC(=O)N1CCC[C@@H](C(=O)Nc2cccc(-c3cccc(C)c3)c2)C1. The van der Waals surface area contributed by atoms with E-state index in [0.717, 1.165) is 36.2 Å². The third-order valence-corrected chi connectivity index (χ3v) is 4.93. The fourth-order valence-corrected chi connectivity index (χ4v) is 3.49. The van der Waals surface area contributed by atoms with E-state index in [1.807, 2.05) is 42.2 Å². The first-order valence-corrected chi connectivity index (χ1v) is 9.32. The largest absolute Gasteiger partial charge is 0.342 e. The third-order valence-electron chi connectivity index (χ3n) is 4.93. The molecule has 26 heavy (non-hydrogen) atoms. The summed E-state index contributed by atoms with van der Waals surface area (Å²) in [6, 6.07) is 16.2. The van der Waals surface area contributed by atoms with Crippen LogP contribution in [-0.4, -0.2) is 29.8 Å². The average Bonchev–Trinajstić information content (AvgIpc) is 2.67. The van der Waals surface area contributed by atoms with Crippen LogP contribution in [0.5, 0.6) is 0 Å². The second-order valence-electron chi connectivity index (χ2n) is 6.97. The number of hydrogen-bond donors (Lipinski definition) is 1. The summed E-state index contributed by atoms with van der Waals surface area (Å²) in [7, 11) is 0. The van der Waals surface area contributed by atoms with Crippen molar-refractivity contribution in [1.29, 1.82) is 0 Å². The number of carbonyl (C=O) groups is 2. The van der Waals surface area contributed by atoms with Gasteiger partial charge in [0.25, 0.3) is 0 Å². The molecule has 1 saturated heterocycles. The molecule has 1 aliphatic heterocycles. The Hall–Kier alpha value is -2.62. The number of carbonyl (C=O) groups excluding carboxylic acids is 2. The van der Waals surface area contributed by atoms with Gasteiger partial charge in [-0.3, -0.25) is 9.59 Å². The quantitative estimate of drug-likeness (QED) is 0.896. The standard InChI is InChI=1S/C22H26N2O2/c1-3-21(25)24-12-6-10-19(15-24)22(26)23-20-11-5-9-18(14-20)17-8-4-7-16(2)13-17/h4-5,7-9,11,13-14,19H,3,6,10,12,15H2,1-2H3,(H,23,26)/t19-/m1/s1. The van der Waals surface area contributed by atoms with Crippen LogP contribution < -0.4 is 5.32 Å². The van der Waals surface area contributed by atoms with E-state index >= 15 is 0 Å². The Morgan fingerprint density at radius 1 is 1.12 bits per heavy atom. The van der Waals surface area contributed by atoms with Crippen molar-refractivity contribution < 1.29 is 9.59 Å². The molecule has 2 aromatic rings. The molecular weight excluding hydrogens is 324 g/mol. The van der Waals surface area contributed by atoms with Crippen molar-refractivity contribution in [2.45, 2.75) is 33.1 Å². The maximum absolute atomic E-state index is 12.7. The number of hydrogen-bond acceptors (Lipinski definition) is 2. The van der Waals surface area contributed by atoms with Crippen molar-refractivity contribution in [3.63, 3.8) is 0 Å². The van der Waals surface area contributed by atoms with Crippen molar-refractivity contribution in [3.05, 3.63) is 54.1 Å². The topological polar surface area (TPSA) is 49.4 Å². The molecule has 1 N–H and O–H groups in total. The van der Waals surface area contributed by atoms with Gasteiger partial charge < -0.3 is 10.2 Å². The fraction of sp³-hybridized carbons (Fsp3) is 0.364. The molecule has 0 unspecified atom stereocenters. The van der Waals surface area contributed by atoms with Gasteiger partial charge in [0.05, 0.1) is 5.92 Å². The van der Waals surface area contributed by atoms with Gasteiger partial charge in [0, 0.05) is 25.2 Å². The van der Waals surface area contributed by atoms with Crippen LogP contribution in [0.4, 0.5) is 5.69 Å². The summed E-state index contributed by atoms with van der Waals surface area (Å²) < 4.78 is 0. The van der Waals surface area contributed by atoms with E-state index in [1.54, 1.807) is 0 Å². The number of piperidine rings is 1. The van der Waals surface area contributed by atoms with Crippen LogP contribution in [0.1, 0.15) is 31.7 Å². The van der Waals surface area contributed by atoms with Crippen molar-refractivity contribution in [2.24, 2.45) is 5.92 Å². The van der Waals surface area contributed by atoms with Gasteiger partial charge in [-0.25, -0.2) is 0 Å². The van der Waals surface area contributed by atoms with Crippen molar-refractivity contribution in [2.75, 3.05) is 18.4 Å². The monoisotopic (exact) mass is 350 g/mol. The summed E-state index contributed by atoms with van der Waals surface area (Å²) in [4.78, 5) is 26.4. The summed E-state index contributed by atoms with van der Waals surface area (Å²) in [6.45, 7) is 5.22. The first-order chi connectivity index (χ1) is 12.6. The summed E-state index contributed by atoms with van der Waals surface area (Å²) in [5.74, 6) is -0.00850. The predicted octanol–water partition coefficient (Wildman–Crippen LogP) is 4.25. The first-order valence-electron chi connectivity index (χ1n) is 9.32. The van der Waals surface area contributed by atoms with Crippen molar-refractivity contribution in [1.82, 2.24) is 4.90 Å². The van der Waals surface area contributed by atoms with Crippen molar-refractivity contribution in [3.8, 4) is 11.1 Å². The number of likely N-dealkylation sites (tertiary alicyclic amines) is 1. The zero-order valence-corrected chi connectivity index (χ0v) is 15.5. The summed E-state index contributed by atoms with van der Waals surface area (Å²) in [6.07, 6.45) is 2.21. The highest BCUT2D eigenvalue weighted by molar-refractivity contribution is 5.93. The lowest BCUT2D eigenvalue weighted by Crippen LogP contribution is -2.43. The maximum atomic E-state index is 12.7. The number of anilines is 1. The molecule has 0 aromatic heterocycles.